The van der Waals surface area contributed by atoms with E-state index in [1.807, 2.05) is 48.7 Å². The van der Waals surface area contributed by atoms with Gasteiger partial charge in [0.05, 0.1) is 22.0 Å². The van der Waals surface area contributed by atoms with E-state index in [-0.39, 0.29) is 12.2 Å². The van der Waals surface area contributed by atoms with E-state index in [4.69, 9.17) is 32.7 Å². The van der Waals surface area contributed by atoms with Gasteiger partial charge in [0.15, 0.2) is 5.75 Å². The summed E-state index contributed by atoms with van der Waals surface area (Å²) in [5, 5.41) is 10.7. The van der Waals surface area contributed by atoms with Crippen molar-refractivity contribution in [3.8, 4) is 34.4 Å². The predicted octanol–water partition coefficient (Wildman–Crippen LogP) is 6.92. The SMILES string of the molecule is CSNc1ncc2cc(-c3ccc(Oc4cc(Cl)c(OCCCl)c(C#N)c4)cc3)ccc2n1. The van der Waals surface area contributed by atoms with Crippen molar-refractivity contribution in [2.45, 2.75) is 0 Å². The fourth-order valence-corrected chi connectivity index (χ4v) is 3.82. The number of rotatable bonds is 8. The Morgan fingerprint density at radius 2 is 1.85 bits per heavy atom. The molecule has 0 atom stereocenters. The maximum atomic E-state index is 9.42. The predicted molar refractivity (Wildman–Crippen MR) is 135 cm³/mol. The molecule has 0 aliphatic carbocycles. The number of hydrogen-bond acceptors (Lipinski definition) is 7. The molecule has 3 aromatic carbocycles. The molecule has 6 nitrogen and oxygen atoms in total. The van der Waals surface area contributed by atoms with E-state index >= 15 is 0 Å². The van der Waals surface area contributed by atoms with Crippen LogP contribution in [0, 0.1) is 11.3 Å². The lowest BCUT2D eigenvalue weighted by atomic mass is 10.0. The minimum atomic E-state index is 0.258. The number of nitrogens with one attached hydrogen (secondary N) is 1. The second kappa shape index (κ2) is 10.6. The van der Waals surface area contributed by atoms with Crippen LogP contribution >= 0.6 is 35.1 Å². The van der Waals surface area contributed by atoms with Gasteiger partial charge in [-0.25, -0.2) is 9.97 Å². The average molecular weight is 497 g/mol. The Morgan fingerprint density at radius 1 is 1.06 bits per heavy atom. The molecule has 4 aromatic rings. The van der Waals surface area contributed by atoms with Crippen molar-refractivity contribution in [1.29, 1.82) is 5.26 Å². The molecule has 4 rings (SSSR count). The van der Waals surface area contributed by atoms with Crippen LogP contribution in [0.25, 0.3) is 22.0 Å². The first-order valence-electron chi connectivity index (χ1n) is 9.88. The first-order valence-corrected chi connectivity index (χ1v) is 12.0. The molecule has 166 valence electrons. The molecule has 0 saturated carbocycles. The van der Waals surface area contributed by atoms with E-state index in [1.54, 1.807) is 18.3 Å². The minimum Gasteiger partial charge on any atom is -0.489 e. The summed E-state index contributed by atoms with van der Waals surface area (Å²) in [6.45, 7) is 0.258. The number of fused-ring (bicyclic) bond motifs is 1. The van der Waals surface area contributed by atoms with Crippen molar-refractivity contribution in [1.82, 2.24) is 9.97 Å². The van der Waals surface area contributed by atoms with Crippen molar-refractivity contribution >= 4 is 52.0 Å². The van der Waals surface area contributed by atoms with Crippen molar-refractivity contribution in [3.63, 3.8) is 0 Å². The average Bonchev–Trinajstić information content (AvgIpc) is 2.83. The molecule has 1 aromatic heterocycles. The van der Waals surface area contributed by atoms with E-state index in [2.05, 4.69) is 20.8 Å². The molecule has 9 heteroatoms. The highest BCUT2D eigenvalue weighted by Gasteiger charge is 2.13. The zero-order valence-electron chi connectivity index (χ0n) is 17.5. The van der Waals surface area contributed by atoms with Crippen molar-refractivity contribution in [2.75, 3.05) is 23.5 Å². The lowest BCUT2D eigenvalue weighted by Gasteiger charge is -2.12. The summed E-state index contributed by atoms with van der Waals surface area (Å²) in [5.41, 5.74) is 3.22. The van der Waals surface area contributed by atoms with E-state index in [1.165, 1.54) is 11.9 Å². The number of ether oxygens (including phenoxy) is 2. The summed E-state index contributed by atoms with van der Waals surface area (Å²) in [5.74, 6) is 2.25. The fraction of sp³-hybridized carbons (Fsp3) is 0.125. The summed E-state index contributed by atoms with van der Waals surface area (Å²) in [6.07, 6.45) is 3.73. The second-order valence-corrected chi connectivity index (χ2v) is 8.23. The molecule has 0 bridgehead atoms. The van der Waals surface area contributed by atoms with Crippen LogP contribution in [-0.2, 0) is 0 Å². The molecule has 0 amide bonds. The highest BCUT2D eigenvalue weighted by Crippen LogP contribution is 2.35. The summed E-state index contributed by atoms with van der Waals surface area (Å²) in [6, 6.07) is 19.0. The molecular formula is C24H18Cl2N4O2S. The second-order valence-electron chi connectivity index (χ2n) is 6.83. The smallest absolute Gasteiger partial charge is 0.233 e. The standard InChI is InChI=1S/C24H18Cl2N4O2S/c1-33-30-24-28-14-18-10-16(4-7-22(18)29-24)15-2-5-19(6-3-15)32-20-11-17(13-27)23(21(26)12-20)31-9-8-25/h2-7,10-12,14H,8-9H2,1H3,(H,28,29,30). The number of aromatic nitrogens is 2. The van der Waals surface area contributed by atoms with Gasteiger partial charge in [-0.1, -0.05) is 41.7 Å². The third kappa shape index (κ3) is 5.42. The van der Waals surface area contributed by atoms with Gasteiger partial charge in [0, 0.05) is 30.0 Å². The Hall–Kier alpha value is -3.18. The number of hydrogen-bond donors (Lipinski definition) is 1. The molecule has 1 heterocycles. The zero-order valence-corrected chi connectivity index (χ0v) is 19.8. The van der Waals surface area contributed by atoms with Crippen molar-refractivity contribution in [2.24, 2.45) is 0 Å². The van der Waals surface area contributed by atoms with E-state index < -0.39 is 0 Å². The van der Waals surface area contributed by atoms with E-state index in [0.717, 1.165) is 22.0 Å². The van der Waals surface area contributed by atoms with Crippen LogP contribution in [0.2, 0.25) is 5.02 Å². The van der Waals surface area contributed by atoms with Gasteiger partial charge < -0.3 is 9.47 Å². The zero-order chi connectivity index (χ0) is 23.2. The van der Waals surface area contributed by atoms with Gasteiger partial charge in [-0.2, -0.15) is 5.26 Å². The number of alkyl halides is 1. The third-order valence-corrected chi connectivity index (χ3v) is 5.48. The molecule has 1 N–H and O–H groups in total. The van der Waals surface area contributed by atoms with Crippen LogP contribution in [0.5, 0.6) is 17.2 Å². The topological polar surface area (TPSA) is 80.1 Å². The Morgan fingerprint density at radius 3 is 2.58 bits per heavy atom. The fourth-order valence-electron chi connectivity index (χ4n) is 3.20. The summed E-state index contributed by atoms with van der Waals surface area (Å²) < 4.78 is 14.4. The maximum absolute atomic E-state index is 9.42. The first kappa shape index (κ1) is 23.0. The normalized spacial score (nSPS) is 10.6. The molecule has 0 saturated heterocycles. The lowest BCUT2D eigenvalue weighted by molar-refractivity contribution is 0.341. The van der Waals surface area contributed by atoms with Gasteiger partial charge >= 0.3 is 0 Å². The number of anilines is 1. The van der Waals surface area contributed by atoms with Gasteiger partial charge in [0.2, 0.25) is 5.95 Å². The molecule has 0 aliphatic rings. The monoisotopic (exact) mass is 496 g/mol. The van der Waals surface area contributed by atoms with E-state index in [0.29, 0.717) is 34.1 Å². The quantitative estimate of drug-likeness (QED) is 0.209. The first-order chi connectivity index (χ1) is 16.1. The van der Waals surface area contributed by atoms with Gasteiger partial charge in [0.1, 0.15) is 24.2 Å². The van der Waals surface area contributed by atoms with Gasteiger partial charge in [-0.3, -0.25) is 4.72 Å². The molecule has 0 spiro atoms. The Labute approximate surface area is 205 Å². The van der Waals surface area contributed by atoms with E-state index in [9.17, 15) is 5.26 Å². The largest absolute Gasteiger partial charge is 0.489 e. The molecule has 0 aliphatic heterocycles. The Bertz CT molecular complexity index is 1330. The molecule has 0 radical (unpaired) electrons. The number of halogens is 2. The summed E-state index contributed by atoms with van der Waals surface area (Å²) in [7, 11) is 0. The van der Waals surface area contributed by atoms with Gasteiger partial charge in [0.25, 0.3) is 0 Å². The maximum Gasteiger partial charge on any atom is 0.233 e. The number of benzene rings is 3. The number of nitriles is 1. The van der Waals surface area contributed by atoms with Crippen LogP contribution in [0.15, 0.2) is 60.8 Å². The molecule has 0 unspecified atom stereocenters. The Balaban J connectivity index is 1.53. The third-order valence-electron chi connectivity index (χ3n) is 4.66. The molecular weight excluding hydrogens is 479 g/mol. The highest BCUT2D eigenvalue weighted by molar-refractivity contribution is 7.99. The van der Waals surface area contributed by atoms with Gasteiger partial charge in [-0.05, 0) is 35.4 Å². The van der Waals surface area contributed by atoms with Crippen LogP contribution in [0.3, 0.4) is 0 Å². The summed E-state index contributed by atoms with van der Waals surface area (Å²) in [4.78, 5) is 8.82. The van der Waals surface area contributed by atoms with Crippen LogP contribution in [0.1, 0.15) is 5.56 Å². The van der Waals surface area contributed by atoms with Gasteiger partial charge in [-0.15, -0.1) is 11.6 Å². The van der Waals surface area contributed by atoms with Crippen LogP contribution in [-0.4, -0.2) is 28.7 Å². The molecule has 33 heavy (non-hydrogen) atoms. The lowest BCUT2D eigenvalue weighted by Crippen LogP contribution is -2.01. The number of nitrogens with zero attached hydrogens (tertiary/aromatic N) is 3. The van der Waals surface area contributed by atoms with Crippen molar-refractivity contribution in [3.05, 3.63) is 71.4 Å². The minimum absolute atomic E-state index is 0.258. The highest BCUT2D eigenvalue weighted by atomic mass is 35.5. The summed E-state index contributed by atoms with van der Waals surface area (Å²) >= 11 is 13.4. The molecule has 0 fully saturated rings. The van der Waals surface area contributed by atoms with Crippen LogP contribution in [0.4, 0.5) is 5.95 Å². The Kier molecular flexibility index (Phi) is 7.40. The van der Waals surface area contributed by atoms with Crippen molar-refractivity contribution < 1.29 is 9.47 Å². The van der Waals surface area contributed by atoms with Crippen LogP contribution < -0.4 is 14.2 Å².